The molecule has 33 heavy (non-hydrogen) atoms. The van der Waals surface area contributed by atoms with Crippen LogP contribution in [0.3, 0.4) is 0 Å². The normalized spacial score (nSPS) is 24.0. The lowest BCUT2D eigenvalue weighted by Gasteiger charge is -2.28. The summed E-state index contributed by atoms with van der Waals surface area (Å²) in [6.07, 6.45) is 3.38. The van der Waals surface area contributed by atoms with E-state index in [0.29, 0.717) is 6.04 Å². The molecule has 0 spiro atoms. The van der Waals surface area contributed by atoms with Gasteiger partial charge in [0.1, 0.15) is 0 Å². The second-order valence-corrected chi connectivity index (χ2v) is 9.39. The number of aryl methyl sites for hydroxylation is 1. The molecule has 2 aliphatic heterocycles. The van der Waals surface area contributed by atoms with Gasteiger partial charge in [-0.25, -0.2) is 4.79 Å². The molecule has 9 heteroatoms. The number of aliphatic carboxylic acids is 1. The number of nitrogens with zero attached hydrogens (tertiary/aromatic N) is 2. The number of carboxylic acid groups (broad SMARTS) is 1. The fraction of sp³-hybridized carbons (Fsp3) is 0.667. The smallest absolute Gasteiger partial charge is 0.475 e. The Morgan fingerprint density at radius 1 is 1.06 bits per heavy atom. The predicted molar refractivity (Wildman–Crippen MR) is 121 cm³/mol. The largest absolute Gasteiger partial charge is 0.490 e. The number of anilines is 2. The van der Waals surface area contributed by atoms with Gasteiger partial charge in [-0.1, -0.05) is 12.8 Å². The van der Waals surface area contributed by atoms with Crippen LogP contribution in [-0.2, 0) is 9.59 Å². The number of rotatable bonds is 4. The molecule has 2 atom stereocenters. The summed E-state index contributed by atoms with van der Waals surface area (Å²) >= 11 is 0. The Morgan fingerprint density at radius 2 is 1.73 bits per heavy atom. The maximum Gasteiger partial charge on any atom is 0.490 e. The third-order valence-electron chi connectivity index (χ3n) is 7.04. The SMILES string of the molecule is Cc1cc(N2CC[C@H](N3CCC[C@@H]3C)C2)ccc1NC(=O)C1CCCC1.O=C(O)C(F)(F)F. The van der Waals surface area contributed by atoms with Gasteiger partial charge in [-0.3, -0.25) is 9.69 Å². The third-order valence-corrected chi connectivity index (χ3v) is 7.04. The fourth-order valence-electron chi connectivity index (χ4n) is 5.15. The molecule has 1 aliphatic carbocycles. The first-order valence-corrected chi connectivity index (χ1v) is 11.8. The lowest BCUT2D eigenvalue weighted by Crippen LogP contribution is -2.39. The van der Waals surface area contributed by atoms with Crippen LogP contribution >= 0.6 is 0 Å². The third kappa shape index (κ3) is 6.62. The number of halogens is 3. The van der Waals surface area contributed by atoms with Gasteiger partial charge in [0.15, 0.2) is 0 Å². The lowest BCUT2D eigenvalue weighted by molar-refractivity contribution is -0.192. The number of amides is 1. The van der Waals surface area contributed by atoms with E-state index in [4.69, 9.17) is 9.90 Å². The van der Waals surface area contributed by atoms with Crippen molar-refractivity contribution in [1.82, 2.24) is 4.90 Å². The quantitative estimate of drug-likeness (QED) is 0.662. The Labute approximate surface area is 193 Å². The average molecular weight is 470 g/mol. The number of hydrogen-bond donors (Lipinski definition) is 2. The summed E-state index contributed by atoms with van der Waals surface area (Å²) in [4.78, 5) is 26.5. The zero-order chi connectivity index (χ0) is 24.2. The van der Waals surface area contributed by atoms with Crippen LogP contribution < -0.4 is 10.2 Å². The van der Waals surface area contributed by atoms with Gasteiger partial charge >= 0.3 is 12.1 Å². The number of benzene rings is 1. The fourth-order valence-corrected chi connectivity index (χ4v) is 5.15. The highest BCUT2D eigenvalue weighted by Crippen LogP contribution is 2.31. The molecule has 1 aromatic carbocycles. The Hall–Kier alpha value is -2.29. The van der Waals surface area contributed by atoms with E-state index in [9.17, 15) is 18.0 Å². The molecular formula is C24H34F3N3O3. The van der Waals surface area contributed by atoms with Gasteiger partial charge in [0, 0.05) is 42.5 Å². The lowest BCUT2D eigenvalue weighted by atomic mass is 10.1. The molecule has 2 saturated heterocycles. The maximum absolute atomic E-state index is 12.4. The van der Waals surface area contributed by atoms with E-state index in [1.54, 1.807) is 0 Å². The molecule has 1 saturated carbocycles. The van der Waals surface area contributed by atoms with Crippen LogP contribution in [0, 0.1) is 12.8 Å². The van der Waals surface area contributed by atoms with Crippen molar-refractivity contribution >= 4 is 23.3 Å². The van der Waals surface area contributed by atoms with Gasteiger partial charge in [0.25, 0.3) is 0 Å². The second-order valence-electron chi connectivity index (χ2n) is 9.39. The molecular weight excluding hydrogens is 435 g/mol. The highest BCUT2D eigenvalue weighted by Gasteiger charge is 2.38. The Bertz CT molecular complexity index is 840. The monoisotopic (exact) mass is 469 g/mol. The maximum atomic E-state index is 12.4. The molecule has 2 heterocycles. The number of likely N-dealkylation sites (tertiary alicyclic amines) is 1. The van der Waals surface area contributed by atoms with Crippen LogP contribution in [0.15, 0.2) is 18.2 Å². The summed E-state index contributed by atoms with van der Waals surface area (Å²) in [6.45, 7) is 8.04. The first kappa shape index (κ1) is 25.3. The summed E-state index contributed by atoms with van der Waals surface area (Å²) in [7, 11) is 0. The van der Waals surface area contributed by atoms with E-state index < -0.39 is 12.1 Å². The molecule has 2 N–H and O–H groups in total. The number of carbonyl (C=O) groups excluding carboxylic acids is 1. The Kier molecular flexibility index (Phi) is 8.26. The highest BCUT2D eigenvalue weighted by molar-refractivity contribution is 5.93. The molecule has 1 aromatic rings. The van der Waals surface area contributed by atoms with E-state index in [0.717, 1.165) is 37.7 Å². The predicted octanol–water partition coefficient (Wildman–Crippen LogP) is 4.82. The standard InChI is InChI=1S/C22H33N3O.C2HF3O2/c1-16-14-19(9-10-21(16)23-22(26)18-7-3-4-8-18)24-13-11-20(15-24)25-12-5-6-17(25)2;3-2(4,5)1(6)7/h9-10,14,17-18,20H,3-8,11-13,15H2,1-2H3,(H,23,26);(H,6,7)/t17-,20-;/m0./s1. The zero-order valence-electron chi connectivity index (χ0n) is 19.3. The second kappa shape index (κ2) is 10.8. The van der Waals surface area contributed by atoms with E-state index in [2.05, 4.69) is 47.2 Å². The van der Waals surface area contributed by atoms with Crippen LogP contribution in [0.1, 0.15) is 57.4 Å². The van der Waals surface area contributed by atoms with Gasteiger partial charge in [-0.2, -0.15) is 13.2 Å². The summed E-state index contributed by atoms with van der Waals surface area (Å²) < 4.78 is 31.7. The molecule has 184 valence electrons. The first-order valence-electron chi connectivity index (χ1n) is 11.8. The summed E-state index contributed by atoms with van der Waals surface area (Å²) in [6, 6.07) is 7.99. The molecule has 0 unspecified atom stereocenters. The average Bonchev–Trinajstić information content (AvgIpc) is 3.50. The number of hydrogen-bond acceptors (Lipinski definition) is 4. The minimum absolute atomic E-state index is 0.211. The minimum Gasteiger partial charge on any atom is -0.475 e. The zero-order valence-corrected chi connectivity index (χ0v) is 19.3. The number of nitrogens with one attached hydrogen (secondary N) is 1. The van der Waals surface area contributed by atoms with Crippen molar-refractivity contribution in [2.24, 2.45) is 5.92 Å². The molecule has 6 nitrogen and oxygen atoms in total. The van der Waals surface area contributed by atoms with Crippen molar-refractivity contribution in [3.63, 3.8) is 0 Å². The molecule has 0 radical (unpaired) electrons. The van der Waals surface area contributed by atoms with E-state index in [-0.39, 0.29) is 11.8 Å². The van der Waals surface area contributed by atoms with E-state index >= 15 is 0 Å². The van der Waals surface area contributed by atoms with Crippen molar-refractivity contribution in [2.45, 2.75) is 77.1 Å². The number of carbonyl (C=O) groups is 2. The molecule has 3 fully saturated rings. The van der Waals surface area contributed by atoms with Gasteiger partial charge in [-0.15, -0.1) is 0 Å². The van der Waals surface area contributed by atoms with Gasteiger partial charge < -0.3 is 15.3 Å². The highest BCUT2D eigenvalue weighted by atomic mass is 19.4. The van der Waals surface area contributed by atoms with Crippen LogP contribution in [0.4, 0.5) is 24.5 Å². The minimum atomic E-state index is -5.08. The van der Waals surface area contributed by atoms with E-state index in [1.807, 2.05) is 0 Å². The molecule has 4 rings (SSSR count). The van der Waals surface area contributed by atoms with Crippen molar-refractivity contribution in [3.8, 4) is 0 Å². The van der Waals surface area contributed by atoms with Gasteiger partial charge in [-0.05, 0) is 76.3 Å². The Balaban J connectivity index is 0.000000383. The van der Waals surface area contributed by atoms with E-state index in [1.165, 1.54) is 49.9 Å². The topological polar surface area (TPSA) is 72.9 Å². The van der Waals surface area contributed by atoms with Gasteiger partial charge in [0.2, 0.25) is 5.91 Å². The van der Waals surface area contributed by atoms with Crippen LogP contribution in [-0.4, -0.2) is 59.8 Å². The molecule has 0 bridgehead atoms. The van der Waals surface area contributed by atoms with Crippen LogP contribution in [0.5, 0.6) is 0 Å². The summed E-state index contributed by atoms with van der Waals surface area (Å²) in [5, 5.41) is 10.3. The van der Waals surface area contributed by atoms with Gasteiger partial charge in [0.05, 0.1) is 0 Å². The number of carboxylic acids is 1. The van der Waals surface area contributed by atoms with Crippen LogP contribution in [0.2, 0.25) is 0 Å². The Morgan fingerprint density at radius 3 is 2.27 bits per heavy atom. The number of alkyl halides is 3. The first-order chi connectivity index (χ1) is 15.6. The van der Waals surface area contributed by atoms with Crippen molar-refractivity contribution in [1.29, 1.82) is 0 Å². The van der Waals surface area contributed by atoms with Crippen molar-refractivity contribution in [3.05, 3.63) is 23.8 Å². The molecule has 1 amide bonds. The summed E-state index contributed by atoms with van der Waals surface area (Å²) in [5.74, 6) is -2.33. The molecule has 3 aliphatic rings. The van der Waals surface area contributed by atoms with Crippen molar-refractivity contribution < 1.29 is 27.9 Å². The molecule has 0 aromatic heterocycles. The van der Waals surface area contributed by atoms with Crippen molar-refractivity contribution in [2.75, 3.05) is 29.9 Å². The summed E-state index contributed by atoms with van der Waals surface area (Å²) in [5.41, 5.74) is 3.46. The van der Waals surface area contributed by atoms with Crippen LogP contribution in [0.25, 0.3) is 0 Å².